The minimum Gasteiger partial charge on any atom is -0.421 e. The van der Waals surface area contributed by atoms with Crippen LogP contribution in [0.3, 0.4) is 0 Å². The van der Waals surface area contributed by atoms with Gasteiger partial charge in [-0.3, -0.25) is 0 Å². The number of benzene rings is 1. The summed E-state index contributed by atoms with van der Waals surface area (Å²) in [6.07, 6.45) is 0. The summed E-state index contributed by atoms with van der Waals surface area (Å²) >= 11 is 0. The van der Waals surface area contributed by atoms with Gasteiger partial charge in [0.05, 0.1) is 0 Å². The van der Waals surface area contributed by atoms with Crippen molar-refractivity contribution >= 4 is 18.6 Å². The molecule has 1 aromatic carbocycles. The SMILES string of the molecule is C=C(C)C(=O)OOB(O)c1ccccc1. The molecular weight excluding hydrogens is 195 g/mol. The first kappa shape index (κ1) is 11.5. The van der Waals surface area contributed by atoms with Gasteiger partial charge < -0.3 is 9.91 Å². The van der Waals surface area contributed by atoms with Crippen molar-refractivity contribution in [1.29, 1.82) is 0 Å². The minimum atomic E-state index is -1.28. The van der Waals surface area contributed by atoms with Gasteiger partial charge >= 0.3 is 13.1 Å². The van der Waals surface area contributed by atoms with Crippen LogP contribution in [0.2, 0.25) is 0 Å². The highest BCUT2D eigenvalue weighted by atomic mass is 17.2. The van der Waals surface area contributed by atoms with Crippen LogP contribution in [0.1, 0.15) is 6.92 Å². The molecule has 0 bridgehead atoms. The molecule has 0 atom stereocenters. The Morgan fingerprint density at radius 2 is 2.00 bits per heavy atom. The van der Waals surface area contributed by atoms with E-state index < -0.39 is 13.1 Å². The van der Waals surface area contributed by atoms with Crippen molar-refractivity contribution in [3.63, 3.8) is 0 Å². The molecule has 0 fully saturated rings. The predicted octanol–water partition coefficient (Wildman–Crippen LogP) is 0.425. The summed E-state index contributed by atoms with van der Waals surface area (Å²) in [5, 5.41) is 9.42. The molecule has 1 aromatic rings. The first-order valence-electron chi connectivity index (χ1n) is 4.37. The fourth-order valence-corrected chi connectivity index (χ4v) is 0.834. The van der Waals surface area contributed by atoms with Crippen LogP contribution in [0.25, 0.3) is 0 Å². The summed E-state index contributed by atoms with van der Waals surface area (Å²) in [6, 6.07) is 8.58. The molecule has 4 nitrogen and oxygen atoms in total. The van der Waals surface area contributed by atoms with Crippen LogP contribution in [0, 0.1) is 0 Å². The van der Waals surface area contributed by atoms with Gasteiger partial charge in [0.2, 0.25) is 0 Å². The topological polar surface area (TPSA) is 55.8 Å². The van der Waals surface area contributed by atoms with Crippen molar-refractivity contribution in [2.24, 2.45) is 0 Å². The summed E-state index contributed by atoms with van der Waals surface area (Å²) < 4.78 is 0. The highest BCUT2D eigenvalue weighted by Crippen LogP contribution is 1.95. The Labute approximate surface area is 88.2 Å². The highest BCUT2D eigenvalue weighted by Gasteiger charge is 2.19. The van der Waals surface area contributed by atoms with Crippen molar-refractivity contribution in [3.8, 4) is 0 Å². The van der Waals surface area contributed by atoms with E-state index in [-0.39, 0.29) is 5.57 Å². The fraction of sp³-hybridized carbons (Fsp3) is 0.100. The van der Waals surface area contributed by atoms with Gasteiger partial charge in [-0.1, -0.05) is 36.9 Å². The Morgan fingerprint density at radius 3 is 2.53 bits per heavy atom. The Balaban J connectivity index is 2.47. The molecule has 0 saturated heterocycles. The van der Waals surface area contributed by atoms with Crippen LogP contribution in [0.15, 0.2) is 42.5 Å². The van der Waals surface area contributed by atoms with E-state index in [1.807, 2.05) is 0 Å². The maximum atomic E-state index is 10.9. The summed E-state index contributed by atoms with van der Waals surface area (Å²) in [6.45, 7) is 4.86. The lowest BCUT2D eigenvalue weighted by Crippen LogP contribution is -2.34. The lowest BCUT2D eigenvalue weighted by atomic mass is 9.80. The van der Waals surface area contributed by atoms with Crippen LogP contribution in [-0.2, 0) is 14.5 Å². The van der Waals surface area contributed by atoms with Gasteiger partial charge in [0.1, 0.15) is 0 Å². The number of carbonyl (C=O) groups is 1. The third-order valence-electron chi connectivity index (χ3n) is 1.65. The smallest absolute Gasteiger partial charge is 0.421 e. The maximum absolute atomic E-state index is 10.9. The maximum Gasteiger partial charge on any atom is 0.538 e. The third-order valence-corrected chi connectivity index (χ3v) is 1.65. The molecule has 0 unspecified atom stereocenters. The molecule has 0 aliphatic rings. The van der Waals surface area contributed by atoms with E-state index in [0.29, 0.717) is 5.46 Å². The molecular formula is C10H11BO4. The van der Waals surface area contributed by atoms with Crippen LogP contribution in [0.5, 0.6) is 0 Å². The van der Waals surface area contributed by atoms with Crippen molar-refractivity contribution < 1.29 is 19.5 Å². The Bertz CT molecular complexity index is 350. The van der Waals surface area contributed by atoms with Gasteiger partial charge in [0.15, 0.2) is 0 Å². The first-order chi connectivity index (χ1) is 7.11. The third kappa shape index (κ3) is 3.57. The number of hydrogen-bond donors (Lipinski definition) is 1. The second kappa shape index (κ2) is 5.33. The van der Waals surface area contributed by atoms with Gasteiger partial charge in [-0.25, -0.2) is 9.60 Å². The zero-order valence-electron chi connectivity index (χ0n) is 8.34. The van der Waals surface area contributed by atoms with Crippen molar-refractivity contribution in [1.82, 2.24) is 0 Å². The van der Waals surface area contributed by atoms with Crippen molar-refractivity contribution in [2.75, 3.05) is 0 Å². The van der Waals surface area contributed by atoms with Crippen LogP contribution >= 0.6 is 0 Å². The monoisotopic (exact) mass is 206 g/mol. The summed E-state index contributed by atoms with van der Waals surface area (Å²) in [5.41, 5.74) is 0.710. The predicted molar refractivity (Wildman–Crippen MR) is 56.0 cm³/mol. The number of hydrogen-bond acceptors (Lipinski definition) is 4. The number of carbonyl (C=O) groups excluding carboxylic acids is 1. The molecule has 0 aromatic heterocycles. The minimum absolute atomic E-state index is 0.204. The normalized spacial score (nSPS) is 9.47. The quantitative estimate of drug-likeness (QED) is 0.335. The largest absolute Gasteiger partial charge is 0.538 e. The van der Waals surface area contributed by atoms with E-state index in [4.69, 9.17) is 0 Å². The van der Waals surface area contributed by atoms with E-state index >= 15 is 0 Å². The molecule has 0 saturated carbocycles. The summed E-state index contributed by atoms with van der Waals surface area (Å²) in [7, 11) is -1.28. The van der Waals surface area contributed by atoms with Crippen molar-refractivity contribution in [2.45, 2.75) is 6.92 Å². The van der Waals surface area contributed by atoms with E-state index in [2.05, 4.69) is 16.3 Å². The molecule has 5 heteroatoms. The summed E-state index contributed by atoms with van der Waals surface area (Å²) in [4.78, 5) is 19.7. The average Bonchev–Trinajstić information content (AvgIpc) is 2.26. The molecule has 15 heavy (non-hydrogen) atoms. The summed E-state index contributed by atoms with van der Waals surface area (Å²) in [5.74, 6) is -0.704. The van der Waals surface area contributed by atoms with Crippen molar-refractivity contribution in [3.05, 3.63) is 42.5 Å². The molecule has 0 aliphatic carbocycles. The Kier molecular flexibility index (Phi) is 4.09. The fourth-order valence-electron chi connectivity index (χ4n) is 0.834. The Hall–Kier alpha value is -1.59. The van der Waals surface area contributed by atoms with E-state index in [1.54, 1.807) is 30.3 Å². The second-order valence-corrected chi connectivity index (χ2v) is 3.01. The molecule has 1 rings (SSSR count). The highest BCUT2D eigenvalue weighted by molar-refractivity contribution is 6.59. The lowest BCUT2D eigenvalue weighted by Gasteiger charge is -2.06. The standard InChI is InChI=1S/C10H11BO4/c1-8(2)10(12)14-15-11(13)9-6-4-3-5-7-9/h3-7,13H,1H2,2H3. The molecule has 0 heterocycles. The molecule has 0 spiro atoms. The van der Waals surface area contributed by atoms with E-state index in [1.165, 1.54) is 6.92 Å². The number of rotatable bonds is 4. The van der Waals surface area contributed by atoms with Gasteiger partial charge in [-0.15, -0.1) is 0 Å². The van der Waals surface area contributed by atoms with Gasteiger partial charge in [-0.05, 0) is 12.4 Å². The van der Waals surface area contributed by atoms with Crippen LogP contribution in [-0.4, -0.2) is 18.1 Å². The van der Waals surface area contributed by atoms with Gasteiger partial charge in [-0.2, -0.15) is 0 Å². The molecule has 0 amide bonds. The second-order valence-electron chi connectivity index (χ2n) is 3.01. The average molecular weight is 206 g/mol. The van der Waals surface area contributed by atoms with Gasteiger partial charge in [0.25, 0.3) is 0 Å². The molecule has 1 N–H and O–H groups in total. The van der Waals surface area contributed by atoms with E-state index in [9.17, 15) is 9.82 Å². The van der Waals surface area contributed by atoms with Gasteiger partial charge in [0, 0.05) is 5.57 Å². The van der Waals surface area contributed by atoms with E-state index in [0.717, 1.165) is 0 Å². The molecule has 0 radical (unpaired) electrons. The Morgan fingerprint density at radius 1 is 1.40 bits per heavy atom. The zero-order valence-corrected chi connectivity index (χ0v) is 8.34. The molecule has 78 valence electrons. The van der Waals surface area contributed by atoms with Crippen LogP contribution in [0.4, 0.5) is 0 Å². The van der Waals surface area contributed by atoms with Crippen LogP contribution < -0.4 is 5.46 Å². The lowest BCUT2D eigenvalue weighted by molar-refractivity contribution is -0.216. The first-order valence-corrected chi connectivity index (χ1v) is 4.37. The zero-order chi connectivity index (χ0) is 11.3. The molecule has 0 aliphatic heterocycles.